The number of rotatable bonds is 4. The van der Waals surface area contributed by atoms with E-state index >= 15 is 0 Å². The second kappa shape index (κ2) is 7.40. The van der Waals surface area contributed by atoms with Crippen molar-refractivity contribution in [3.05, 3.63) is 16.1 Å². The van der Waals surface area contributed by atoms with Gasteiger partial charge in [-0.3, -0.25) is 9.79 Å². The summed E-state index contributed by atoms with van der Waals surface area (Å²) in [5.74, 6) is 0.861. The molecule has 1 aromatic heterocycles. The molecule has 6 nitrogen and oxygen atoms in total. The normalized spacial score (nSPS) is 15.4. The minimum absolute atomic E-state index is 0.145. The number of aromatic nitrogens is 1. The highest BCUT2D eigenvalue weighted by Gasteiger charge is 2.18. The van der Waals surface area contributed by atoms with Crippen molar-refractivity contribution in [3.8, 4) is 0 Å². The third-order valence-electron chi connectivity index (χ3n) is 3.50. The predicted octanol–water partition coefficient (Wildman–Crippen LogP) is 1.08. The Morgan fingerprint density at radius 2 is 2.24 bits per heavy atom. The average molecular weight is 309 g/mol. The van der Waals surface area contributed by atoms with Crippen LogP contribution in [0.2, 0.25) is 0 Å². The Kier molecular flexibility index (Phi) is 5.55. The molecule has 1 aromatic rings. The first kappa shape index (κ1) is 15.8. The van der Waals surface area contributed by atoms with Gasteiger partial charge in [0.05, 0.1) is 23.8 Å². The summed E-state index contributed by atoms with van der Waals surface area (Å²) in [6.07, 6.45) is 2.23. The van der Waals surface area contributed by atoms with Gasteiger partial charge in [-0.05, 0) is 19.8 Å². The van der Waals surface area contributed by atoms with E-state index in [-0.39, 0.29) is 5.91 Å². The fourth-order valence-corrected chi connectivity index (χ4v) is 3.02. The van der Waals surface area contributed by atoms with Crippen LogP contribution >= 0.6 is 11.3 Å². The molecule has 0 radical (unpaired) electrons. The van der Waals surface area contributed by atoms with Crippen LogP contribution in [0, 0.1) is 6.92 Å². The van der Waals surface area contributed by atoms with Gasteiger partial charge in [0, 0.05) is 32.6 Å². The third-order valence-corrected chi connectivity index (χ3v) is 4.32. The molecule has 1 aliphatic rings. The Balaban J connectivity index is 1.83. The Hall–Kier alpha value is -1.63. The van der Waals surface area contributed by atoms with E-state index in [2.05, 4.69) is 20.7 Å². The zero-order chi connectivity index (χ0) is 15.2. The number of aryl methyl sites for hydroxylation is 1. The molecule has 2 rings (SSSR count). The molecule has 0 atom stereocenters. The molecule has 1 aliphatic heterocycles. The lowest BCUT2D eigenvalue weighted by atomic mass is 10.4. The van der Waals surface area contributed by atoms with Crippen LogP contribution in [0.25, 0.3) is 0 Å². The van der Waals surface area contributed by atoms with E-state index < -0.39 is 0 Å². The van der Waals surface area contributed by atoms with Gasteiger partial charge in [0.2, 0.25) is 5.91 Å². The molecule has 1 fully saturated rings. The van der Waals surface area contributed by atoms with Crippen LogP contribution in [-0.2, 0) is 11.3 Å². The summed E-state index contributed by atoms with van der Waals surface area (Å²) in [6.45, 7) is 4.74. The molecule has 0 bridgehead atoms. The maximum absolute atomic E-state index is 12.0. The standard InChI is InChI=1S/C14H23N5OS/c1-11-17-12(10-21-11)9-18(3)14(15-2)16-8-13(20)19-6-4-5-7-19/h10H,4-9H2,1-3H3,(H,15,16). The lowest BCUT2D eigenvalue weighted by molar-refractivity contribution is -0.128. The SMILES string of the molecule is CN=C(NCC(=O)N1CCCC1)N(C)Cc1csc(C)n1. The van der Waals surface area contributed by atoms with Crippen LogP contribution in [0.3, 0.4) is 0 Å². The fraction of sp³-hybridized carbons (Fsp3) is 0.643. The average Bonchev–Trinajstić information content (AvgIpc) is 3.11. The summed E-state index contributed by atoms with van der Waals surface area (Å²) < 4.78 is 0. The number of likely N-dealkylation sites (tertiary alicyclic amines) is 1. The van der Waals surface area contributed by atoms with Crippen LogP contribution in [0.15, 0.2) is 10.4 Å². The van der Waals surface area contributed by atoms with E-state index in [1.807, 2.05) is 23.8 Å². The number of carbonyl (C=O) groups excluding carboxylic acids is 1. The summed E-state index contributed by atoms with van der Waals surface area (Å²) in [5.41, 5.74) is 1.02. The van der Waals surface area contributed by atoms with Gasteiger partial charge in [-0.1, -0.05) is 0 Å². The number of nitrogens with zero attached hydrogens (tertiary/aromatic N) is 4. The molecule has 0 saturated carbocycles. The number of guanidine groups is 1. The molecule has 2 heterocycles. The monoisotopic (exact) mass is 309 g/mol. The van der Waals surface area contributed by atoms with Crippen LogP contribution in [0.1, 0.15) is 23.5 Å². The first-order chi connectivity index (χ1) is 10.1. The number of hydrogen-bond donors (Lipinski definition) is 1. The molecule has 21 heavy (non-hydrogen) atoms. The molecule has 0 spiro atoms. The summed E-state index contributed by atoms with van der Waals surface area (Å²) in [6, 6.07) is 0. The Labute approximate surface area is 129 Å². The number of carbonyl (C=O) groups is 1. The molecule has 7 heteroatoms. The van der Waals surface area contributed by atoms with Gasteiger partial charge in [-0.2, -0.15) is 0 Å². The lowest BCUT2D eigenvalue weighted by Gasteiger charge is -2.22. The van der Waals surface area contributed by atoms with Gasteiger partial charge in [-0.25, -0.2) is 4.98 Å². The minimum Gasteiger partial charge on any atom is -0.347 e. The highest BCUT2D eigenvalue weighted by molar-refractivity contribution is 7.09. The summed E-state index contributed by atoms with van der Waals surface area (Å²) in [4.78, 5) is 24.6. The molecular weight excluding hydrogens is 286 g/mol. The smallest absolute Gasteiger partial charge is 0.241 e. The lowest BCUT2D eigenvalue weighted by Crippen LogP contribution is -2.44. The van der Waals surface area contributed by atoms with Crippen molar-refractivity contribution in [2.24, 2.45) is 4.99 Å². The van der Waals surface area contributed by atoms with E-state index in [0.29, 0.717) is 19.0 Å². The third kappa shape index (κ3) is 4.42. The molecule has 1 N–H and O–H groups in total. The topological polar surface area (TPSA) is 60.8 Å². The zero-order valence-corrected chi connectivity index (χ0v) is 13.7. The summed E-state index contributed by atoms with van der Waals surface area (Å²) in [5, 5.41) is 6.24. The zero-order valence-electron chi connectivity index (χ0n) is 12.9. The van der Waals surface area contributed by atoms with Gasteiger partial charge in [-0.15, -0.1) is 11.3 Å². The van der Waals surface area contributed by atoms with Gasteiger partial charge < -0.3 is 15.1 Å². The summed E-state index contributed by atoms with van der Waals surface area (Å²) >= 11 is 1.64. The van der Waals surface area contributed by atoms with Crippen molar-refractivity contribution in [3.63, 3.8) is 0 Å². The quantitative estimate of drug-likeness (QED) is 0.668. The number of nitrogens with one attached hydrogen (secondary N) is 1. The van der Waals surface area contributed by atoms with Crippen LogP contribution in [-0.4, -0.2) is 60.4 Å². The number of amides is 1. The van der Waals surface area contributed by atoms with Crippen molar-refractivity contribution < 1.29 is 4.79 Å². The highest BCUT2D eigenvalue weighted by Crippen LogP contribution is 2.10. The van der Waals surface area contributed by atoms with E-state index in [1.54, 1.807) is 18.4 Å². The van der Waals surface area contributed by atoms with E-state index in [0.717, 1.165) is 36.6 Å². The van der Waals surface area contributed by atoms with Gasteiger partial charge >= 0.3 is 0 Å². The molecule has 1 saturated heterocycles. The van der Waals surface area contributed by atoms with E-state index in [4.69, 9.17) is 0 Å². The van der Waals surface area contributed by atoms with Gasteiger partial charge in [0.15, 0.2) is 5.96 Å². The second-order valence-corrected chi connectivity index (χ2v) is 6.26. The van der Waals surface area contributed by atoms with Crippen LogP contribution in [0.4, 0.5) is 0 Å². The van der Waals surface area contributed by atoms with Crippen molar-refractivity contribution in [2.75, 3.05) is 33.7 Å². The van der Waals surface area contributed by atoms with Gasteiger partial charge in [0.25, 0.3) is 0 Å². The Morgan fingerprint density at radius 1 is 1.52 bits per heavy atom. The molecule has 116 valence electrons. The molecule has 0 unspecified atom stereocenters. The Bertz CT molecular complexity index is 507. The number of thiazole rings is 1. The summed E-state index contributed by atoms with van der Waals surface area (Å²) in [7, 11) is 3.68. The van der Waals surface area contributed by atoms with Crippen molar-refractivity contribution in [2.45, 2.75) is 26.3 Å². The van der Waals surface area contributed by atoms with E-state index in [1.165, 1.54) is 0 Å². The number of hydrogen-bond acceptors (Lipinski definition) is 4. The predicted molar refractivity (Wildman–Crippen MR) is 85.5 cm³/mol. The molecule has 0 aliphatic carbocycles. The maximum atomic E-state index is 12.0. The van der Waals surface area contributed by atoms with Crippen molar-refractivity contribution in [1.82, 2.24) is 20.1 Å². The first-order valence-corrected chi connectivity index (χ1v) is 8.08. The largest absolute Gasteiger partial charge is 0.347 e. The van der Waals surface area contributed by atoms with Gasteiger partial charge in [0.1, 0.15) is 0 Å². The fourth-order valence-electron chi connectivity index (χ4n) is 2.42. The van der Waals surface area contributed by atoms with E-state index in [9.17, 15) is 4.79 Å². The van der Waals surface area contributed by atoms with Crippen molar-refractivity contribution in [1.29, 1.82) is 0 Å². The first-order valence-electron chi connectivity index (χ1n) is 7.20. The van der Waals surface area contributed by atoms with Crippen LogP contribution < -0.4 is 5.32 Å². The highest BCUT2D eigenvalue weighted by atomic mass is 32.1. The molecule has 0 aromatic carbocycles. The number of aliphatic imine (C=N–C) groups is 1. The molecule has 1 amide bonds. The van der Waals surface area contributed by atoms with Crippen molar-refractivity contribution >= 4 is 23.2 Å². The maximum Gasteiger partial charge on any atom is 0.241 e. The van der Waals surface area contributed by atoms with Crippen LogP contribution in [0.5, 0.6) is 0 Å². The Morgan fingerprint density at radius 3 is 2.81 bits per heavy atom. The molecular formula is C14H23N5OS. The minimum atomic E-state index is 0.145. The second-order valence-electron chi connectivity index (χ2n) is 5.20.